The van der Waals surface area contributed by atoms with Crippen LogP contribution in [0.4, 0.5) is 0 Å². The molecule has 9 nitrogen and oxygen atoms in total. The minimum atomic E-state index is -4.02. The van der Waals surface area contributed by atoms with Gasteiger partial charge in [0.15, 0.2) is 18.0 Å². The number of nitrogens with zero attached hydrogens (tertiary/aromatic N) is 1. The topological polar surface area (TPSA) is 104 Å². The summed E-state index contributed by atoms with van der Waals surface area (Å²) in [5, 5.41) is 1.04. The van der Waals surface area contributed by atoms with E-state index in [1.54, 1.807) is 0 Å². The first kappa shape index (κ1) is 28.0. The Morgan fingerprint density at radius 3 is 2.13 bits per heavy atom. The van der Waals surface area contributed by atoms with Gasteiger partial charge in [-0.1, -0.05) is 18.2 Å². The van der Waals surface area contributed by atoms with Crippen LogP contribution < -0.4 is 14.0 Å². The van der Waals surface area contributed by atoms with Crippen molar-refractivity contribution in [3.63, 3.8) is 0 Å². The smallest absolute Gasteiger partial charge is 0.265 e. The van der Waals surface area contributed by atoms with Crippen LogP contribution in [0.5, 0.6) is 11.5 Å². The summed E-state index contributed by atoms with van der Waals surface area (Å²) < 4.78 is 62.1. The summed E-state index contributed by atoms with van der Waals surface area (Å²) in [6.45, 7) is 4.10. The van der Waals surface area contributed by atoms with Gasteiger partial charge in [-0.05, 0) is 35.9 Å². The zero-order valence-electron chi connectivity index (χ0n) is 21.3. The largest absolute Gasteiger partial charge is 0.487 e. The molecule has 0 saturated heterocycles. The molecule has 1 aliphatic rings. The van der Waals surface area contributed by atoms with Gasteiger partial charge in [0, 0.05) is 30.0 Å². The van der Waals surface area contributed by atoms with Crippen LogP contribution in [0.25, 0.3) is 23.1 Å². The van der Waals surface area contributed by atoms with E-state index in [1.807, 2.05) is 66.7 Å². The Kier molecular flexibility index (Phi) is 10.5. The minimum Gasteiger partial charge on any atom is -0.487 e. The van der Waals surface area contributed by atoms with Crippen LogP contribution in [0.15, 0.2) is 54.6 Å². The summed E-state index contributed by atoms with van der Waals surface area (Å²) in [5.74, 6) is 0.945. The molecule has 0 spiro atoms. The van der Waals surface area contributed by atoms with E-state index >= 15 is 0 Å². The van der Waals surface area contributed by atoms with Crippen LogP contribution in [-0.2, 0) is 30.9 Å². The molecule has 3 aromatic rings. The van der Waals surface area contributed by atoms with Gasteiger partial charge < -0.3 is 23.7 Å². The van der Waals surface area contributed by atoms with Crippen molar-refractivity contribution in [1.29, 1.82) is 0 Å². The SMILES string of the molecule is O=S(=O)(O)CCC[n+]1c(/C=C/c2ccc3c(c2)OCCOCCOCCOCCO3)ccc2ccccc21. The number of hydrogen-bond donors (Lipinski definition) is 1. The van der Waals surface area contributed by atoms with Gasteiger partial charge in [-0.15, -0.1) is 0 Å². The van der Waals surface area contributed by atoms with Crippen LogP contribution in [0.2, 0.25) is 0 Å². The summed E-state index contributed by atoms with van der Waals surface area (Å²) in [6, 6.07) is 17.7. The minimum absolute atomic E-state index is 0.292. The standard InChI is InChI=1S/C28H33NO8S/c30-38(31,32)21-3-12-29-25(10-8-24-4-1-2-5-26(24)29)9-6-23-7-11-27-28(22-23)37-20-18-35-16-14-33-13-15-34-17-19-36-27/h1-2,4-11,22H,3,12-21H2/p+1/b9-6+. The van der Waals surface area contributed by atoms with E-state index in [-0.39, 0.29) is 5.75 Å². The molecule has 1 aliphatic heterocycles. The lowest BCUT2D eigenvalue weighted by Gasteiger charge is -2.13. The second-order valence-electron chi connectivity index (χ2n) is 8.68. The van der Waals surface area contributed by atoms with Crippen molar-refractivity contribution in [3.05, 3.63) is 65.9 Å². The van der Waals surface area contributed by atoms with Gasteiger partial charge in [0.1, 0.15) is 13.2 Å². The Morgan fingerprint density at radius 1 is 0.763 bits per heavy atom. The Morgan fingerprint density at radius 2 is 1.42 bits per heavy atom. The molecule has 0 fully saturated rings. The van der Waals surface area contributed by atoms with E-state index in [0.29, 0.717) is 77.3 Å². The number of ether oxygens (including phenoxy) is 5. The van der Waals surface area contributed by atoms with E-state index < -0.39 is 10.1 Å². The molecular formula is C28H34NO8S+. The van der Waals surface area contributed by atoms with Crippen molar-refractivity contribution in [2.45, 2.75) is 13.0 Å². The fourth-order valence-electron chi connectivity index (χ4n) is 4.08. The summed E-state index contributed by atoms with van der Waals surface area (Å²) in [7, 11) is -4.02. The van der Waals surface area contributed by atoms with E-state index in [2.05, 4.69) is 4.57 Å². The van der Waals surface area contributed by atoms with E-state index in [4.69, 9.17) is 23.7 Å². The van der Waals surface area contributed by atoms with Crippen molar-refractivity contribution < 1.29 is 41.2 Å². The third-order valence-corrected chi connectivity index (χ3v) is 6.69. The maximum Gasteiger partial charge on any atom is 0.265 e. The number of rotatable bonds is 6. The predicted molar refractivity (Wildman–Crippen MR) is 144 cm³/mol. The highest BCUT2D eigenvalue weighted by molar-refractivity contribution is 7.85. The van der Waals surface area contributed by atoms with E-state index in [1.165, 1.54) is 0 Å². The fourth-order valence-corrected chi connectivity index (χ4v) is 4.58. The number of pyridine rings is 1. The second-order valence-corrected chi connectivity index (χ2v) is 10.3. The Balaban J connectivity index is 1.54. The maximum absolute atomic E-state index is 11.3. The van der Waals surface area contributed by atoms with Crippen molar-refractivity contribution in [1.82, 2.24) is 0 Å². The highest BCUT2D eigenvalue weighted by Gasteiger charge is 2.16. The highest BCUT2D eigenvalue weighted by atomic mass is 32.2. The van der Waals surface area contributed by atoms with Crippen molar-refractivity contribution in [2.75, 3.05) is 58.6 Å². The van der Waals surface area contributed by atoms with E-state index in [9.17, 15) is 13.0 Å². The molecule has 38 heavy (non-hydrogen) atoms. The molecule has 0 unspecified atom stereocenters. The highest BCUT2D eigenvalue weighted by Crippen LogP contribution is 2.29. The molecule has 0 amide bonds. The van der Waals surface area contributed by atoms with Crippen molar-refractivity contribution in [2.24, 2.45) is 0 Å². The Hall–Kier alpha value is -3.02. The van der Waals surface area contributed by atoms with Crippen molar-refractivity contribution >= 4 is 33.2 Å². The van der Waals surface area contributed by atoms with Crippen LogP contribution in [-0.4, -0.2) is 71.6 Å². The molecule has 204 valence electrons. The quantitative estimate of drug-likeness (QED) is 0.372. The lowest BCUT2D eigenvalue weighted by atomic mass is 10.1. The molecular weight excluding hydrogens is 510 g/mol. The van der Waals surface area contributed by atoms with Crippen molar-refractivity contribution in [3.8, 4) is 11.5 Å². The summed E-state index contributed by atoms with van der Waals surface area (Å²) in [6.07, 6.45) is 4.24. The molecule has 10 heteroatoms. The summed E-state index contributed by atoms with van der Waals surface area (Å²) in [5.41, 5.74) is 2.79. The van der Waals surface area contributed by atoms with Gasteiger partial charge in [0.05, 0.1) is 45.4 Å². The maximum atomic E-state index is 11.3. The molecule has 0 saturated carbocycles. The average molecular weight is 545 g/mol. The number of hydrogen-bond acceptors (Lipinski definition) is 7. The van der Waals surface area contributed by atoms with Crippen LogP contribution in [0.3, 0.4) is 0 Å². The number of fused-ring (bicyclic) bond motifs is 2. The monoisotopic (exact) mass is 544 g/mol. The van der Waals surface area contributed by atoms with Crippen LogP contribution in [0, 0.1) is 0 Å². The third-order valence-electron chi connectivity index (χ3n) is 5.89. The second kappa shape index (κ2) is 14.2. The van der Waals surface area contributed by atoms with Gasteiger partial charge in [0.25, 0.3) is 10.1 Å². The van der Waals surface area contributed by atoms with Crippen LogP contribution >= 0.6 is 0 Å². The zero-order chi connectivity index (χ0) is 26.6. The van der Waals surface area contributed by atoms with Gasteiger partial charge in [0.2, 0.25) is 11.2 Å². The first-order chi connectivity index (χ1) is 18.5. The normalized spacial score (nSPS) is 16.2. The number of aryl methyl sites for hydroxylation is 1. The lowest BCUT2D eigenvalue weighted by Crippen LogP contribution is -2.38. The predicted octanol–water partition coefficient (Wildman–Crippen LogP) is 3.40. The Labute approximate surface area is 223 Å². The van der Waals surface area contributed by atoms with Gasteiger partial charge >= 0.3 is 0 Å². The fraction of sp³-hybridized carbons (Fsp3) is 0.393. The molecule has 1 aromatic heterocycles. The molecule has 2 aromatic carbocycles. The van der Waals surface area contributed by atoms with Gasteiger partial charge in [-0.3, -0.25) is 4.55 Å². The molecule has 1 N–H and O–H groups in total. The molecule has 0 bridgehead atoms. The molecule has 2 heterocycles. The third kappa shape index (κ3) is 8.78. The first-order valence-electron chi connectivity index (χ1n) is 12.7. The summed E-state index contributed by atoms with van der Waals surface area (Å²) in [4.78, 5) is 0. The number of benzene rings is 2. The average Bonchev–Trinajstić information content (AvgIpc) is 2.91. The molecule has 4 rings (SSSR count). The summed E-state index contributed by atoms with van der Waals surface area (Å²) >= 11 is 0. The number of para-hydroxylation sites is 1. The molecule has 0 aliphatic carbocycles. The molecule has 0 atom stereocenters. The Bertz CT molecular complexity index is 1330. The molecule has 0 radical (unpaired) electrons. The van der Waals surface area contributed by atoms with Crippen LogP contribution in [0.1, 0.15) is 17.7 Å². The van der Waals surface area contributed by atoms with E-state index in [0.717, 1.165) is 22.2 Å². The van der Waals surface area contributed by atoms with Gasteiger partial charge in [-0.25, -0.2) is 0 Å². The zero-order valence-corrected chi connectivity index (χ0v) is 22.1. The lowest BCUT2D eigenvalue weighted by molar-refractivity contribution is -0.673. The van der Waals surface area contributed by atoms with Gasteiger partial charge in [-0.2, -0.15) is 13.0 Å². The number of aromatic nitrogens is 1. The first-order valence-corrected chi connectivity index (χ1v) is 14.3.